The number of guanidine groups is 1. The molecule has 24 heavy (non-hydrogen) atoms. The smallest absolute Gasteiger partial charge is 0.191 e. The van der Waals surface area contributed by atoms with Crippen LogP contribution < -0.4 is 10.6 Å². The van der Waals surface area contributed by atoms with Gasteiger partial charge in [0.2, 0.25) is 0 Å². The van der Waals surface area contributed by atoms with Crippen molar-refractivity contribution in [2.75, 3.05) is 59.4 Å². The van der Waals surface area contributed by atoms with Gasteiger partial charge in [0.25, 0.3) is 0 Å². The fraction of sp³-hybridized carbons (Fsp3) is 0.667. The Bertz CT molecular complexity index is 476. The van der Waals surface area contributed by atoms with E-state index in [1.54, 1.807) is 0 Å². The van der Waals surface area contributed by atoms with Crippen molar-refractivity contribution < 1.29 is 0 Å². The summed E-state index contributed by atoms with van der Waals surface area (Å²) in [6, 6.07) is 6.03. The molecule has 0 aliphatic carbocycles. The molecule has 2 heterocycles. The van der Waals surface area contributed by atoms with Gasteiger partial charge in [-0.3, -0.25) is 9.98 Å². The molecule has 0 spiro atoms. The van der Waals surface area contributed by atoms with E-state index in [4.69, 9.17) is 4.99 Å². The molecule has 1 fully saturated rings. The lowest BCUT2D eigenvalue weighted by atomic mass is 10.3. The highest BCUT2D eigenvalue weighted by molar-refractivity contribution is 5.79. The van der Waals surface area contributed by atoms with Crippen molar-refractivity contribution in [3.05, 3.63) is 30.1 Å². The van der Waals surface area contributed by atoms with Crippen molar-refractivity contribution in [2.24, 2.45) is 4.99 Å². The Morgan fingerprint density at radius 2 is 2.12 bits per heavy atom. The van der Waals surface area contributed by atoms with Crippen LogP contribution in [-0.2, 0) is 6.42 Å². The molecule has 1 aromatic rings. The van der Waals surface area contributed by atoms with Crippen LogP contribution in [0.15, 0.2) is 29.4 Å². The molecule has 6 nitrogen and oxygen atoms in total. The van der Waals surface area contributed by atoms with Gasteiger partial charge in [-0.05, 0) is 45.6 Å². The van der Waals surface area contributed by atoms with Crippen LogP contribution in [0.5, 0.6) is 0 Å². The van der Waals surface area contributed by atoms with E-state index in [0.717, 1.165) is 57.3 Å². The van der Waals surface area contributed by atoms with E-state index in [1.165, 1.54) is 19.5 Å². The van der Waals surface area contributed by atoms with Gasteiger partial charge < -0.3 is 20.4 Å². The van der Waals surface area contributed by atoms with E-state index in [0.29, 0.717) is 0 Å². The van der Waals surface area contributed by atoms with Crippen molar-refractivity contribution in [3.8, 4) is 0 Å². The van der Waals surface area contributed by atoms with Crippen molar-refractivity contribution in [1.82, 2.24) is 25.4 Å². The maximum absolute atomic E-state index is 4.71. The van der Waals surface area contributed by atoms with E-state index >= 15 is 0 Å². The normalized spacial score (nSPS) is 17.5. The van der Waals surface area contributed by atoms with E-state index in [2.05, 4.69) is 45.5 Å². The van der Waals surface area contributed by atoms with Crippen LogP contribution in [0.2, 0.25) is 0 Å². The quantitative estimate of drug-likeness (QED) is 0.572. The zero-order valence-electron chi connectivity index (χ0n) is 15.2. The summed E-state index contributed by atoms with van der Waals surface area (Å²) < 4.78 is 0. The highest BCUT2D eigenvalue weighted by atomic mass is 15.2. The number of aliphatic imine (C=N–C) groups is 1. The maximum Gasteiger partial charge on any atom is 0.191 e. The van der Waals surface area contributed by atoms with Gasteiger partial charge in [-0.1, -0.05) is 6.07 Å². The van der Waals surface area contributed by atoms with E-state index in [9.17, 15) is 0 Å². The molecule has 1 aliphatic heterocycles. The predicted molar refractivity (Wildman–Crippen MR) is 100 cm³/mol. The van der Waals surface area contributed by atoms with Gasteiger partial charge in [0.15, 0.2) is 5.96 Å². The molecule has 6 heteroatoms. The number of hydrogen-bond acceptors (Lipinski definition) is 4. The average Bonchev–Trinajstić information content (AvgIpc) is 2.80. The second-order valence-corrected chi connectivity index (χ2v) is 6.26. The average molecular weight is 332 g/mol. The van der Waals surface area contributed by atoms with Crippen LogP contribution in [0, 0.1) is 0 Å². The van der Waals surface area contributed by atoms with Gasteiger partial charge in [-0.2, -0.15) is 0 Å². The van der Waals surface area contributed by atoms with Gasteiger partial charge in [-0.15, -0.1) is 0 Å². The predicted octanol–water partition coefficient (Wildman–Crippen LogP) is 0.817. The monoisotopic (exact) mass is 332 g/mol. The Labute approximate surface area is 146 Å². The zero-order chi connectivity index (χ0) is 17.0. The largest absolute Gasteiger partial charge is 0.357 e. The number of pyridine rings is 1. The number of nitrogens with one attached hydrogen (secondary N) is 2. The molecule has 1 saturated heterocycles. The number of rotatable bonds is 7. The third-order valence-corrected chi connectivity index (χ3v) is 4.24. The fourth-order valence-electron chi connectivity index (χ4n) is 2.82. The summed E-state index contributed by atoms with van der Waals surface area (Å²) in [5.41, 5.74) is 1.11. The Morgan fingerprint density at radius 3 is 2.92 bits per heavy atom. The topological polar surface area (TPSA) is 55.8 Å². The highest BCUT2D eigenvalue weighted by Crippen LogP contribution is 2.00. The molecular formula is C18H32N6. The lowest BCUT2D eigenvalue weighted by Crippen LogP contribution is -2.39. The van der Waals surface area contributed by atoms with E-state index in [-0.39, 0.29) is 0 Å². The second-order valence-electron chi connectivity index (χ2n) is 6.26. The summed E-state index contributed by atoms with van der Waals surface area (Å²) in [5, 5.41) is 6.72. The summed E-state index contributed by atoms with van der Waals surface area (Å²) in [6.45, 7) is 10.4. The molecule has 0 saturated carbocycles. The lowest BCUT2D eigenvalue weighted by molar-refractivity contribution is 0.283. The molecule has 134 valence electrons. The minimum absolute atomic E-state index is 0.836. The Kier molecular flexibility index (Phi) is 8.55. The molecule has 1 aliphatic rings. The first-order valence-electron chi connectivity index (χ1n) is 9.11. The third kappa shape index (κ3) is 7.27. The van der Waals surface area contributed by atoms with Crippen molar-refractivity contribution >= 4 is 5.96 Å². The number of aromatic nitrogens is 1. The van der Waals surface area contributed by atoms with Gasteiger partial charge in [-0.25, -0.2) is 0 Å². The standard InChI is InChI=1S/C18H32N6/c1-3-19-18(21-10-8-17-7-4-5-9-20-17)22-11-14-24-13-6-12-23(2)15-16-24/h4-5,7,9H,3,6,8,10-16H2,1-2H3,(H2,19,21,22). The van der Waals surface area contributed by atoms with Crippen molar-refractivity contribution in [3.63, 3.8) is 0 Å². The van der Waals surface area contributed by atoms with Crippen LogP contribution in [0.1, 0.15) is 19.0 Å². The number of hydrogen-bond donors (Lipinski definition) is 2. The van der Waals surface area contributed by atoms with Gasteiger partial charge in [0.05, 0.1) is 6.54 Å². The minimum Gasteiger partial charge on any atom is -0.357 e. The summed E-state index contributed by atoms with van der Waals surface area (Å²) in [6.07, 6.45) is 4.00. The van der Waals surface area contributed by atoms with Gasteiger partial charge in [0.1, 0.15) is 0 Å². The third-order valence-electron chi connectivity index (χ3n) is 4.24. The highest BCUT2D eigenvalue weighted by Gasteiger charge is 2.11. The van der Waals surface area contributed by atoms with E-state index in [1.807, 2.05) is 18.3 Å². The molecule has 2 N–H and O–H groups in total. The second kappa shape index (κ2) is 11.0. The molecule has 0 atom stereocenters. The Balaban J connectivity index is 1.71. The van der Waals surface area contributed by atoms with Gasteiger partial charge in [0, 0.05) is 51.0 Å². The van der Waals surface area contributed by atoms with Gasteiger partial charge >= 0.3 is 0 Å². The van der Waals surface area contributed by atoms with Crippen molar-refractivity contribution in [1.29, 1.82) is 0 Å². The summed E-state index contributed by atoms with van der Waals surface area (Å²) in [5.74, 6) is 0.903. The first-order valence-corrected chi connectivity index (χ1v) is 9.11. The van der Waals surface area contributed by atoms with Crippen LogP contribution in [-0.4, -0.2) is 80.1 Å². The Morgan fingerprint density at radius 1 is 1.21 bits per heavy atom. The minimum atomic E-state index is 0.836. The summed E-state index contributed by atoms with van der Waals surface area (Å²) in [4.78, 5) is 14.0. The molecule has 0 bridgehead atoms. The van der Waals surface area contributed by atoms with E-state index < -0.39 is 0 Å². The van der Waals surface area contributed by atoms with Crippen LogP contribution >= 0.6 is 0 Å². The first kappa shape index (κ1) is 18.7. The molecular weight excluding hydrogens is 300 g/mol. The summed E-state index contributed by atoms with van der Waals surface area (Å²) in [7, 11) is 2.20. The Hall–Kier alpha value is -1.66. The maximum atomic E-state index is 4.71. The molecule has 1 aromatic heterocycles. The number of nitrogens with zero attached hydrogens (tertiary/aromatic N) is 4. The van der Waals surface area contributed by atoms with Crippen LogP contribution in [0.3, 0.4) is 0 Å². The van der Waals surface area contributed by atoms with Crippen LogP contribution in [0.4, 0.5) is 0 Å². The zero-order valence-corrected chi connectivity index (χ0v) is 15.2. The van der Waals surface area contributed by atoms with Crippen LogP contribution in [0.25, 0.3) is 0 Å². The SMILES string of the molecule is CCNC(=NCCN1CCCN(C)CC1)NCCc1ccccn1. The molecule has 2 rings (SSSR count). The lowest BCUT2D eigenvalue weighted by Gasteiger charge is -2.19. The molecule has 0 amide bonds. The molecule has 0 radical (unpaired) electrons. The number of likely N-dealkylation sites (N-methyl/N-ethyl adjacent to an activating group) is 1. The summed E-state index contributed by atoms with van der Waals surface area (Å²) >= 11 is 0. The molecule has 0 aromatic carbocycles. The first-order chi connectivity index (χ1) is 11.8. The molecule has 0 unspecified atom stereocenters. The fourth-order valence-corrected chi connectivity index (χ4v) is 2.82. The van der Waals surface area contributed by atoms with Crippen molar-refractivity contribution in [2.45, 2.75) is 19.8 Å².